The zero-order valence-corrected chi connectivity index (χ0v) is 31.7. The first-order valence-electron chi connectivity index (χ1n) is 16.8. The zero-order valence-electron chi connectivity index (χ0n) is 28.5. The standard InChI is InChI=1S/C27H32N4O6S.C11H6F2N.Ir/c32-22(9-2-1-8-21-24-19(16-38-21)14-23(33)31-24)28-11-12-30-26(34)18-6-3-5-17(13-18)15-37-20-7-4-10-29-25(20)27(35)36;12-8-4-5-9(10(13)7-8)11-3-1-2-6-14-11;/h3-7,10,13,19,21,24H,1-2,8-9,11-12,14-16H2,(H,28,32)(H,30,34)(H,31,33)(H,35,36);1-4,6-7H;/q;-1;. The molecule has 6 rings (SSSR count). The summed E-state index contributed by atoms with van der Waals surface area (Å²) < 4.78 is 31.4. The summed E-state index contributed by atoms with van der Waals surface area (Å²) in [4.78, 5) is 55.2. The molecule has 2 aliphatic rings. The Morgan fingerprint density at radius 1 is 1.00 bits per heavy atom. The molecule has 2 aromatic heterocycles. The molecule has 0 spiro atoms. The number of hydrogen-bond donors (Lipinski definition) is 4. The molecule has 15 heteroatoms. The van der Waals surface area contributed by atoms with Crippen LogP contribution < -0.4 is 20.7 Å². The van der Waals surface area contributed by atoms with E-state index in [1.165, 1.54) is 12.3 Å². The van der Waals surface area contributed by atoms with Crippen LogP contribution in [0.25, 0.3) is 11.3 Å². The Balaban J connectivity index is 0.000000349. The predicted molar refractivity (Wildman–Crippen MR) is 190 cm³/mol. The summed E-state index contributed by atoms with van der Waals surface area (Å²) in [5, 5.41) is 18.4. The van der Waals surface area contributed by atoms with Gasteiger partial charge in [0.1, 0.15) is 6.61 Å². The summed E-state index contributed by atoms with van der Waals surface area (Å²) in [5.74, 6) is -0.967. The minimum atomic E-state index is -1.18. The van der Waals surface area contributed by atoms with Crippen molar-refractivity contribution in [3.63, 3.8) is 0 Å². The van der Waals surface area contributed by atoms with E-state index in [9.17, 15) is 33.1 Å². The summed E-state index contributed by atoms with van der Waals surface area (Å²) >= 11 is 1.93. The second kappa shape index (κ2) is 20.5. The Bertz CT molecular complexity index is 1870. The van der Waals surface area contributed by atoms with Crippen LogP contribution in [0, 0.1) is 23.6 Å². The van der Waals surface area contributed by atoms with Gasteiger partial charge in [0.15, 0.2) is 11.4 Å². The van der Waals surface area contributed by atoms with Crippen molar-refractivity contribution in [3.8, 4) is 17.0 Å². The van der Waals surface area contributed by atoms with Crippen LogP contribution in [-0.4, -0.2) is 68.9 Å². The fourth-order valence-corrected chi connectivity index (χ4v) is 7.53. The molecule has 2 aromatic carbocycles. The van der Waals surface area contributed by atoms with Gasteiger partial charge in [-0.1, -0.05) is 42.3 Å². The smallest absolute Gasteiger partial charge is 0.358 e. The quantitative estimate of drug-likeness (QED) is 0.0985. The minimum absolute atomic E-state index is 0. The van der Waals surface area contributed by atoms with E-state index in [1.54, 1.807) is 54.7 Å². The molecule has 3 unspecified atom stereocenters. The number of fused-ring (bicyclic) bond motifs is 1. The fourth-order valence-electron chi connectivity index (χ4n) is 5.88. The van der Waals surface area contributed by atoms with Crippen molar-refractivity contribution in [3.05, 3.63) is 114 Å². The van der Waals surface area contributed by atoms with E-state index in [-0.39, 0.29) is 61.4 Å². The number of pyridine rings is 2. The molecule has 11 nitrogen and oxygen atoms in total. The third kappa shape index (κ3) is 12.2. The third-order valence-electron chi connectivity index (χ3n) is 8.42. The van der Waals surface area contributed by atoms with Crippen molar-refractivity contribution in [1.82, 2.24) is 25.9 Å². The normalized spacial score (nSPS) is 16.9. The first-order chi connectivity index (χ1) is 25.2. The van der Waals surface area contributed by atoms with E-state index in [0.717, 1.165) is 37.1 Å². The Hall–Kier alpha value is -4.72. The third-order valence-corrected chi connectivity index (χ3v) is 10.00. The van der Waals surface area contributed by atoms with Crippen molar-refractivity contribution < 1.29 is 57.9 Å². The van der Waals surface area contributed by atoms with Crippen LogP contribution in [0.2, 0.25) is 0 Å². The fraction of sp³-hybridized carbons (Fsp3) is 0.316. The number of benzene rings is 2. The second-order valence-electron chi connectivity index (χ2n) is 12.2. The first-order valence-corrected chi connectivity index (χ1v) is 17.9. The maximum absolute atomic E-state index is 13.2. The molecule has 2 saturated heterocycles. The molecular formula is C38H38F2IrN5O6S-. The number of amides is 3. The number of aromatic carboxylic acids is 1. The van der Waals surface area contributed by atoms with Crippen LogP contribution in [0.4, 0.5) is 8.78 Å². The molecule has 0 bridgehead atoms. The van der Waals surface area contributed by atoms with E-state index in [0.29, 0.717) is 60.0 Å². The number of carbonyl (C=O) groups is 4. The molecule has 281 valence electrons. The molecule has 3 atom stereocenters. The average molecular weight is 923 g/mol. The number of nitrogens with one attached hydrogen (secondary N) is 3. The van der Waals surface area contributed by atoms with Crippen molar-refractivity contribution in [2.75, 3.05) is 18.8 Å². The van der Waals surface area contributed by atoms with Gasteiger partial charge in [0.05, 0.1) is 0 Å². The molecule has 4 N–H and O–H groups in total. The maximum atomic E-state index is 13.2. The van der Waals surface area contributed by atoms with E-state index < -0.39 is 17.6 Å². The van der Waals surface area contributed by atoms with Crippen LogP contribution in [0.5, 0.6) is 5.75 Å². The van der Waals surface area contributed by atoms with E-state index >= 15 is 0 Å². The van der Waals surface area contributed by atoms with Crippen molar-refractivity contribution in [1.29, 1.82) is 0 Å². The van der Waals surface area contributed by atoms with Gasteiger partial charge in [-0.15, -0.1) is 12.1 Å². The van der Waals surface area contributed by atoms with Crippen LogP contribution in [0.15, 0.2) is 79.1 Å². The maximum Gasteiger partial charge on any atom is 0.358 e. The summed E-state index contributed by atoms with van der Waals surface area (Å²) in [6.07, 6.45) is 6.76. The van der Waals surface area contributed by atoms with Crippen LogP contribution in [0.1, 0.15) is 58.5 Å². The van der Waals surface area contributed by atoms with Gasteiger partial charge in [-0.2, -0.15) is 11.8 Å². The van der Waals surface area contributed by atoms with Gasteiger partial charge in [-0.3, -0.25) is 23.2 Å². The molecule has 0 aliphatic carbocycles. The largest absolute Gasteiger partial charge is 0.486 e. The van der Waals surface area contributed by atoms with Crippen LogP contribution in [0.3, 0.4) is 0 Å². The number of thioether (sulfide) groups is 1. The van der Waals surface area contributed by atoms with E-state index in [4.69, 9.17) is 4.74 Å². The molecule has 2 fully saturated rings. The number of unbranched alkanes of at least 4 members (excludes halogenated alkanes) is 1. The van der Waals surface area contributed by atoms with Crippen molar-refractivity contribution in [2.45, 2.75) is 50.0 Å². The van der Waals surface area contributed by atoms with Crippen LogP contribution in [-0.2, 0) is 36.3 Å². The Morgan fingerprint density at radius 3 is 2.58 bits per heavy atom. The number of halogens is 2. The molecule has 2 aliphatic heterocycles. The summed E-state index contributed by atoms with van der Waals surface area (Å²) in [6.45, 7) is 0.712. The van der Waals surface area contributed by atoms with E-state index in [1.807, 2.05) is 11.8 Å². The molecular weight excluding hydrogens is 885 g/mol. The SMILES string of the molecule is Fc1c[c-]c(-c2ccccn2)c(F)c1.O=C(CCCCC1SCC2CC(=O)NC21)NCCNC(=O)c1cccc(COc2cccnc2C(=O)O)c1.[Ir]. The first kappa shape index (κ1) is 41.0. The summed E-state index contributed by atoms with van der Waals surface area (Å²) in [7, 11) is 0. The summed E-state index contributed by atoms with van der Waals surface area (Å²) in [6, 6.07) is 19.8. The van der Waals surface area contributed by atoms with Crippen molar-refractivity contribution in [2.24, 2.45) is 5.92 Å². The number of nitrogens with zero attached hydrogens (tertiary/aromatic N) is 2. The number of carboxylic acids is 1. The Morgan fingerprint density at radius 2 is 1.81 bits per heavy atom. The van der Waals surface area contributed by atoms with Crippen LogP contribution >= 0.6 is 11.8 Å². The number of hydrogen-bond acceptors (Lipinski definition) is 8. The summed E-state index contributed by atoms with van der Waals surface area (Å²) in [5.41, 5.74) is 1.60. The van der Waals surface area contributed by atoms with Crippen molar-refractivity contribution >= 4 is 35.5 Å². The molecule has 3 amide bonds. The monoisotopic (exact) mass is 923 g/mol. The van der Waals surface area contributed by atoms with Gasteiger partial charge in [0, 0.05) is 86.9 Å². The minimum Gasteiger partial charge on any atom is -0.486 e. The number of aromatic nitrogens is 2. The van der Waals surface area contributed by atoms with E-state index in [2.05, 4.69) is 32.0 Å². The molecule has 1 radical (unpaired) electrons. The number of carbonyl (C=O) groups excluding carboxylic acids is 3. The Kier molecular flexibility index (Phi) is 15.9. The van der Waals surface area contributed by atoms with Gasteiger partial charge < -0.3 is 30.8 Å². The number of ether oxygens (including phenoxy) is 1. The molecule has 4 aromatic rings. The van der Waals surface area contributed by atoms with Gasteiger partial charge >= 0.3 is 5.97 Å². The second-order valence-corrected chi connectivity index (χ2v) is 13.5. The molecule has 4 heterocycles. The van der Waals surface area contributed by atoms with Gasteiger partial charge in [-0.05, 0) is 66.1 Å². The van der Waals surface area contributed by atoms with Gasteiger partial charge in [0.2, 0.25) is 11.8 Å². The molecule has 53 heavy (non-hydrogen) atoms. The Labute approximate surface area is 323 Å². The molecule has 0 saturated carbocycles. The number of rotatable bonds is 14. The average Bonchev–Trinajstić information content (AvgIpc) is 3.70. The number of carboxylic acid groups (broad SMARTS) is 1. The topological polar surface area (TPSA) is 160 Å². The predicted octanol–water partition coefficient (Wildman–Crippen LogP) is 5.21. The van der Waals surface area contributed by atoms with Gasteiger partial charge in [0.25, 0.3) is 5.91 Å². The van der Waals surface area contributed by atoms with Gasteiger partial charge in [-0.25, -0.2) is 9.78 Å². The zero-order chi connectivity index (χ0) is 36.9.